The van der Waals surface area contributed by atoms with Crippen molar-refractivity contribution in [1.82, 2.24) is 14.9 Å². The number of aryl methyl sites for hydroxylation is 1. The van der Waals surface area contributed by atoms with Crippen LogP contribution >= 0.6 is 11.8 Å². The fourth-order valence-electron chi connectivity index (χ4n) is 1.80. The number of hydrogen-bond acceptors (Lipinski definition) is 7. The van der Waals surface area contributed by atoms with E-state index < -0.39 is 0 Å². The molecule has 2 aromatic heterocycles. The van der Waals surface area contributed by atoms with E-state index in [9.17, 15) is 0 Å². The van der Waals surface area contributed by atoms with Crippen molar-refractivity contribution in [2.24, 2.45) is 5.10 Å². The maximum Gasteiger partial charge on any atom is 0.264 e. The van der Waals surface area contributed by atoms with Crippen LogP contribution in [0.15, 0.2) is 57.3 Å². The van der Waals surface area contributed by atoms with Gasteiger partial charge in [0.05, 0.1) is 12.5 Å². The number of anilines is 1. The molecule has 3 N–H and O–H groups in total. The fraction of sp³-hybridized carbons (Fsp3) is 0.133. The predicted molar refractivity (Wildman–Crippen MR) is 90.8 cm³/mol. The Labute approximate surface area is 137 Å². The number of nitrogens with zero attached hydrogens (tertiary/aromatic N) is 4. The molecule has 0 saturated heterocycles. The van der Waals surface area contributed by atoms with Crippen LogP contribution in [0, 0.1) is 6.92 Å². The van der Waals surface area contributed by atoms with Gasteiger partial charge < -0.3 is 10.3 Å². The predicted octanol–water partition coefficient (Wildman–Crippen LogP) is 2.63. The molecule has 2 heterocycles. The SMILES string of the molecule is Cc1ccc(CSc2nnc(N/N=C/c3ccco3)n2N)cc1. The van der Waals surface area contributed by atoms with E-state index >= 15 is 0 Å². The summed E-state index contributed by atoms with van der Waals surface area (Å²) >= 11 is 1.51. The summed E-state index contributed by atoms with van der Waals surface area (Å²) < 4.78 is 6.51. The minimum absolute atomic E-state index is 0.360. The second-order valence-corrected chi connectivity index (χ2v) is 5.78. The average molecular weight is 328 g/mol. The molecule has 23 heavy (non-hydrogen) atoms. The number of benzene rings is 1. The molecule has 0 amide bonds. The molecule has 1 aromatic carbocycles. The standard InChI is InChI=1S/C15H16N6OS/c1-11-4-6-12(7-5-11)10-23-15-20-19-14(21(15)16)18-17-9-13-3-2-8-22-13/h2-9H,10,16H2,1H3,(H,18,19)/b17-9+. The van der Waals surface area contributed by atoms with Gasteiger partial charge in [-0.3, -0.25) is 0 Å². The van der Waals surface area contributed by atoms with Gasteiger partial charge in [-0.1, -0.05) is 41.6 Å². The molecule has 0 atom stereocenters. The lowest BCUT2D eigenvalue weighted by atomic mass is 10.2. The monoisotopic (exact) mass is 328 g/mol. The number of nitrogen functional groups attached to an aromatic ring is 1. The van der Waals surface area contributed by atoms with E-state index in [0.29, 0.717) is 16.9 Å². The van der Waals surface area contributed by atoms with E-state index in [4.69, 9.17) is 10.3 Å². The molecule has 0 aliphatic carbocycles. The topological polar surface area (TPSA) is 94.3 Å². The quantitative estimate of drug-likeness (QED) is 0.313. The number of hydrazone groups is 1. The second-order valence-electron chi connectivity index (χ2n) is 4.84. The first-order valence-electron chi connectivity index (χ1n) is 6.94. The lowest BCUT2D eigenvalue weighted by Crippen LogP contribution is -2.13. The number of nitrogens with two attached hydrogens (primary N) is 1. The van der Waals surface area contributed by atoms with E-state index in [0.717, 1.165) is 5.75 Å². The molecule has 0 fully saturated rings. The Morgan fingerprint density at radius 2 is 2.13 bits per heavy atom. The van der Waals surface area contributed by atoms with Crippen molar-refractivity contribution in [3.8, 4) is 0 Å². The molecule has 8 heteroatoms. The molecule has 0 saturated carbocycles. The highest BCUT2D eigenvalue weighted by Crippen LogP contribution is 2.21. The normalized spacial score (nSPS) is 11.2. The molecule has 118 valence electrons. The Kier molecular flexibility index (Phi) is 4.62. The molecule has 0 unspecified atom stereocenters. The lowest BCUT2D eigenvalue weighted by Gasteiger charge is -2.03. The van der Waals surface area contributed by atoms with Gasteiger partial charge in [-0.25, -0.2) is 10.1 Å². The molecule has 3 rings (SSSR count). The third-order valence-electron chi connectivity index (χ3n) is 3.05. The van der Waals surface area contributed by atoms with Gasteiger partial charge in [0.2, 0.25) is 5.16 Å². The van der Waals surface area contributed by atoms with Crippen molar-refractivity contribution in [2.75, 3.05) is 11.3 Å². The molecular weight excluding hydrogens is 312 g/mol. The Morgan fingerprint density at radius 1 is 1.30 bits per heavy atom. The summed E-state index contributed by atoms with van der Waals surface area (Å²) in [6, 6.07) is 11.9. The number of aromatic nitrogens is 3. The minimum atomic E-state index is 0.360. The number of hydrogen-bond donors (Lipinski definition) is 2. The summed E-state index contributed by atoms with van der Waals surface area (Å²) in [7, 11) is 0. The van der Waals surface area contributed by atoms with Crippen molar-refractivity contribution in [1.29, 1.82) is 0 Å². The third kappa shape index (κ3) is 3.92. The molecule has 0 aliphatic heterocycles. The highest BCUT2D eigenvalue weighted by Gasteiger charge is 2.09. The zero-order chi connectivity index (χ0) is 16.1. The van der Waals surface area contributed by atoms with Crippen LogP contribution in [0.1, 0.15) is 16.9 Å². The summed E-state index contributed by atoms with van der Waals surface area (Å²) in [5.74, 6) is 7.73. The molecule has 0 bridgehead atoms. The smallest absolute Gasteiger partial charge is 0.264 e. The van der Waals surface area contributed by atoms with Crippen LogP contribution in [0.2, 0.25) is 0 Å². The summed E-state index contributed by atoms with van der Waals surface area (Å²) in [6.07, 6.45) is 3.11. The maximum atomic E-state index is 5.96. The van der Waals surface area contributed by atoms with Gasteiger partial charge in [0.25, 0.3) is 5.95 Å². The molecule has 7 nitrogen and oxygen atoms in total. The summed E-state index contributed by atoms with van der Waals surface area (Å²) in [5, 5.41) is 12.6. The Balaban J connectivity index is 1.59. The van der Waals surface area contributed by atoms with Crippen LogP contribution in [-0.2, 0) is 5.75 Å². The summed E-state index contributed by atoms with van der Waals surface area (Å²) in [6.45, 7) is 2.06. The van der Waals surface area contributed by atoms with E-state index in [1.54, 1.807) is 18.4 Å². The van der Waals surface area contributed by atoms with Crippen molar-refractivity contribution < 1.29 is 4.42 Å². The Bertz CT molecular complexity index is 779. The van der Waals surface area contributed by atoms with Crippen molar-refractivity contribution in [3.05, 3.63) is 59.5 Å². The Hall–Kier alpha value is -2.74. The highest BCUT2D eigenvalue weighted by molar-refractivity contribution is 7.98. The van der Waals surface area contributed by atoms with Crippen LogP contribution in [0.3, 0.4) is 0 Å². The van der Waals surface area contributed by atoms with Gasteiger partial charge in [0.1, 0.15) is 5.76 Å². The zero-order valence-corrected chi connectivity index (χ0v) is 13.3. The zero-order valence-electron chi connectivity index (χ0n) is 12.5. The summed E-state index contributed by atoms with van der Waals surface area (Å²) in [5.41, 5.74) is 5.18. The van der Waals surface area contributed by atoms with Gasteiger partial charge in [-0.15, -0.1) is 10.2 Å². The van der Waals surface area contributed by atoms with Crippen LogP contribution in [-0.4, -0.2) is 21.1 Å². The number of nitrogens with one attached hydrogen (secondary N) is 1. The maximum absolute atomic E-state index is 5.96. The fourth-order valence-corrected chi connectivity index (χ4v) is 2.61. The van der Waals surface area contributed by atoms with Crippen molar-refractivity contribution in [2.45, 2.75) is 17.8 Å². The van der Waals surface area contributed by atoms with E-state index in [-0.39, 0.29) is 0 Å². The van der Waals surface area contributed by atoms with Gasteiger partial charge in [0, 0.05) is 5.75 Å². The molecule has 3 aromatic rings. The molecule has 0 spiro atoms. The molecular formula is C15H16N6OS. The van der Waals surface area contributed by atoms with Crippen LogP contribution < -0.4 is 11.3 Å². The van der Waals surface area contributed by atoms with Gasteiger partial charge in [-0.05, 0) is 24.6 Å². The first-order valence-corrected chi connectivity index (χ1v) is 7.92. The first kappa shape index (κ1) is 15.2. The second kappa shape index (κ2) is 7.01. The number of furan rings is 1. The highest BCUT2D eigenvalue weighted by atomic mass is 32.2. The van der Waals surface area contributed by atoms with Crippen LogP contribution in [0.4, 0.5) is 5.95 Å². The number of thioether (sulfide) groups is 1. The van der Waals surface area contributed by atoms with Crippen molar-refractivity contribution in [3.63, 3.8) is 0 Å². The van der Waals surface area contributed by atoms with E-state index in [2.05, 4.69) is 51.9 Å². The van der Waals surface area contributed by atoms with Crippen LogP contribution in [0.5, 0.6) is 0 Å². The minimum Gasteiger partial charge on any atom is -0.463 e. The summed E-state index contributed by atoms with van der Waals surface area (Å²) in [4.78, 5) is 0. The van der Waals surface area contributed by atoms with Gasteiger partial charge >= 0.3 is 0 Å². The first-order chi connectivity index (χ1) is 11.2. The van der Waals surface area contributed by atoms with Crippen molar-refractivity contribution >= 4 is 23.9 Å². The lowest BCUT2D eigenvalue weighted by molar-refractivity contribution is 0.560. The molecule has 0 aliphatic rings. The van der Waals surface area contributed by atoms with Crippen LogP contribution in [0.25, 0.3) is 0 Å². The average Bonchev–Trinajstić information content (AvgIpc) is 3.18. The van der Waals surface area contributed by atoms with Gasteiger partial charge in [0.15, 0.2) is 0 Å². The van der Waals surface area contributed by atoms with E-state index in [1.165, 1.54) is 33.8 Å². The largest absolute Gasteiger partial charge is 0.463 e. The Morgan fingerprint density at radius 3 is 2.87 bits per heavy atom. The van der Waals surface area contributed by atoms with E-state index in [1.807, 2.05) is 0 Å². The number of rotatable bonds is 6. The van der Waals surface area contributed by atoms with Gasteiger partial charge in [-0.2, -0.15) is 5.10 Å². The molecule has 0 radical (unpaired) electrons. The third-order valence-corrected chi connectivity index (χ3v) is 4.07.